The molecule has 94 valence electrons. The Labute approximate surface area is 112 Å². The van der Waals surface area contributed by atoms with Gasteiger partial charge in [-0.15, -0.1) is 0 Å². The monoisotopic (exact) mass is 309 g/mol. The van der Waals surface area contributed by atoms with E-state index >= 15 is 0 Å². The first-order valence-electron chi connectivity index (χ1n) is 5.57. The summed E-state index contributed by atoms with van der Waals surface area (Å²) in [6, 6.07) is 3.91. The lowest BCUT2D eigenvalue weighted by Gasteiger charge is -2.20. The second kappa shape index (κ2) is 4.20. The van der Waals surface area contributed by atoms with Gasteiger partial charge in [-0.2, -0.15) is 5.10 Å². The van der Waals surface area contributed by atoms with Gasteiger partial charge in [-0.05, 0) is 40.5 Å². The van der Waals surface area contributed by atoms with Crippen LogP contribution in [-0.2, 0) is 0 Å². The molecule has 1 aromatic heterocycles. The molecule has 0 unspecified atom stereocenters. The van der Waals surface area contributed by atoms with E-state index in [0.29, 0.717) is 19.0 Å². The minimum absolute atomic E-state index is 0.444. The summed E-state index contributed by atoms with van der Waals surface area (Å²) in [7, 11) is 0. The summed E-state index contributed by atoms with van der Waals surface area (Å²) >= 11 is 3.43. The first-order chi connectivity index (χ1) is 8.66. The molecular weight excluding hydrogens is 298 g/mol. The molecule has 0 radical (unpaired) electrons. The second-order valence-corrected chi connectivity index (χ2v) is 4.90. The molecule has 1 aliphatic rings. The van der Waals surface area contributed by atoms with E-state index in [2.05, 4.69) is 26.1 Å². The van der Waals surface area contributed by atoms with E-state index in [0.717, 1.165) is 32.8 Å². The second-order valence-electron chi connectivity index (χ2n) is 4.11. The number of nitrogen functional groups attached to an aromatic ring is 1. The van der Waals surface area contributed by atoms with Gasteiger partial charge in [0.2, 0.25) is 0 Å². The van der Waals surface area contributed by atoms with Gasteiger partial charge in [0, 0.05) is 5.56 Å². The number of nitrogens with zero attached hydrogens (tertiary/aromatic N) is 1. The van der Waals surface area contributed by atoms with Gasteiger partial charge in [-0.1, -0.05) is 0 Å². The van der Waals surface area contributed by atoms with Gasteiger partial charge in [0.05, 0.1) is 10.2 Å². The molecule has 1 aliphatic heterocycles. The first kappa shape index (κ1) is 11.4. The van der Waals surface area contributed by atoms with Crippen LogP contribution in [0.2, 0.25) is 0 Å². The van der Waals surface area contributed by atoms with E-state index in [-0.39, 0.29) is 0 Å². The number of hydrogen-bond acceptors (Lipinski definition) is 4. The molecule has 5 nitrogen and oxygen atoms in total. The topological polar surface area (TPSA) is 73.2 Å². The van der Waals surface area contributed by atoms with Crippen LogP contribution in [0.25, 0.3) is 11.3 Å². The van der Waals surface area contributed by atoms with Crippen molar-refractivity contribution in [2.24, 2.45) is 0 Å². The average molecular weight is 310 g/mol. The fraction of sp³-hybridized carbons (Fsp3) is 0.250. The molecule has 0 spiro atoms. The molecule has 2 aromatic rings. The van der Waals surface area contributed by atoms with Crippen molar-refractivity contribution in [1.82, 2.24) is 10.2 Å². The molecule has 0 saturated carbocycles. The number of halogens is 1. The number of ether oxygens (including phenoxy) is 2. The molecule has 3 rings (SSSR count). The van der Waals surface area contributed by atoms with Crippen LogP contribution in [0, 0.1) is 6.92 Å². The van der Waals surface area contributed by atoms with Gasteiger partial charge < -0.3 is 15.2 Å². The minimum atomic E-state index is 0.444. The third-order valence-electron chi connectivity index (χ3n) is 2.89. The summed E-state index contributed by atoms with van der Waals surface area (Å²) in [6.07, 6.45) is 0. The third-order valence-corrected chi connectivity index (χ3v) is 3.69. The number of aryl methyl sites for hydroxylation is 1. The SMILES string of the molecule is Cc1cc2c(cc1-c1[nH]nc(N)c1Br)OCCO2. The predicted molar refractivity (Wildman–Crippen MR) is 71.9 cm³/mol. The molecule has 0 amide bonds. The number of anilines is 1. The molecular formula is C12H12BrN3O2. The zero-order valence-corrected chi connectivity index (χ0v) is 11.4. The smallest absolute Gasteiger partial charge is 0.162 e. The number of nitrogens with two attached hydrogens (primary N) is 1. The number of aromatic nitrogens is 2. The van der Waals surface area contributed by atoms with Gasteiger partial charge in [-0.25, -0.2) is 0 Å². The quantitative estimate of drug-likeness (QED) is 0.849. The largest absolute Gasteiger partial charge is 0.486 e. The molecule has 0 atom stereocenters. The number of rotatable bonds is 1. The van der Waals surface area contributed by atoms with E-state index in [9.17, 15) is 0 Å². The summed E-state index contributed by atoms with van der Waals surface area (Å²) in [6.45, 7) is 3.17. The molecule has 0 aliphatic carbocycles. The molecule has 0 fully saturated rings. The number of H-pyrrole nitrogens is 1. The average Bonchev–Trinajstić information content (AvgIpc) is 2.69. The van der Waals surface area contributed by atoms with Gasteiger partial charge >= 0.3 is 0 Å². The van der Waals surface area contributed by atoms with E-state index in [1.54, 1.807) is 0 Å². The van der Waals surface area contributed by atoms with Crippen LogP contribution in [0.1, 0.15) is 5.56 Å². The van der Waals surface area contributed by atoms with E-state index < -0.39 is 0 Å². The van der Waals surface area contributed by atoms with E-state index in [1.165, 1.54) is 0 Å². The Hall–Kier alpha value is -1.69. The lowest BCUT2D eigenvalue weighted by Crippen LogP contribution is -2.15. The van der Waals surface area contributed by atoms with Crippen LogP contribution in [0.4, 0.5) is 5.82 Å². The van der Waals surface area contributed by atoms with Crippen molar-refractivity contribution in [2.75, 3.05) is 18.9 Å². The Kier molecular flexibility index (Phi) is 2.66. The van der Waals surface area contributed by atoms with Crippen LogP contribution in [0.5, 0.6) is 11.5 Å². The number of benzene rings is 1. The highest BCUT2D eigenvalue weighted by Crippen LogP contribution is 2.39. The fourth-order valence-corrected chi connectivity index (χ4v) is 2.37. The van der Waals surface area contributed by atoms with Gasteiger partial charge in [0.15, 0.2) is 17.3 Å². The van der Waals surface area contributed by atoms with Gasteiger partial charge in [0.25, 0.3) is 0 Å². The van der Waals surface area contributed by atoms with E-state index in [1.807, 2.05) is 19.1 Å². The molecule has 0 bridgehead atoms. The van der Waals surface area contributed by atoms with Gasteiger partial charge in [0.1, 0.15) is 13.2 Å². The predicted octanol–water partition coefficient (Wildman–Crippen LogP) is 2.50. The summed E-state index contributed by atoms with van der Waals surface area (Å²) in [5.74, 6) is 1.98. The summed E-state index contributed by atoms with van der Waals surface area (Å²) in [4.78, 5) is 0. The van der Waals surface area contributed by atoms with Crippen molar-refractivity contribution in [3.63, 3.8) is 0 Å². The van der Waals surface area contributed by atoms with Crippen LogP contribution in [0.3, 0.4) is 0 Å². The number of nitrogens with one attached hydrogen (secondary N) is 1. The molecule has 6 heteroatoms. The molecule has 3 N–H and O–H groups in total. The van der Waals surface area contributed by atoms with Crippen molar-refractivity contribution >= 4 is 21.7 Å². The lowest BCUT2D eigenvalue weighted by molar-refractivity contribution is 0.171. The Morgan fingerprint density at radius 1 is 1.28 bits per heavy atom. The summed E-state index contributed by atoms with van der Waals surface area (Å²) < 4.78 is 11.9. The van der Waals surface area contributed by atoms with Crippen LogP contribution in [-0.4, -0.2) is 23.4 Å². The lowest BCUT2D eigenvalue weighted by atomic mass is 10.0. The summed E-state index contributed by atoms with van der Waals surface area (Å²) in [5, 5.41) is 6.90. The van der Waals surface area contributed by atoms with Crippen molar-refractivity contribution < 1.29 is 9.47 Å². The van der Waals surface area contributed by atoms with Crippen molar-refractivity contribution in [1.29, 1.82) is 0 Å². The van der Waals surface area contributed by atoms with Crippen molar-refractivity contribution in [3.8, 4) is 22.8 Å². The standard InChI is InChI=1S/C12H12BrN3O2/c1-6-4-8-9(18-3-2-17-8)5-7(6)11-10(13)12(14)16-15-11/h4-5H,2-3H2,1H3,(H3,14,15,16). The maximum absolute atomic E-state index is 5.72. The van der Waals surface area contributed by atoms with Crippen LogP contribution >= 0.6 is 15.9 Å². The first-order valence-corrected chi connectivity index (χ1v) is 6.36. The fourth-order valence-electron chi connectivity index (χ4n) is 1.98. The highest BCUT2D eigenvalue weighted by atomic mass is 79.9. The maximum Gasteiger partial charge on any atom is 0.162 e. The van der Waals surface area contributed by atoms with Crippen molar-refractivity contribution in [3.05, 3.63) is 22.2 Å². The molecule has 18 heavy (non-hydrogen) atoms. The normalized spacial score (nSPS) is 13.7. The Morgan fingerprint density at radius 2 is 1.94 bits per heavy atom. The zero-order valence-electron chi connectivity index (χ0n) is 9.79. The Morgan fingerprint density at radius 3 is 2.56 bits per heavy atom. The van der Waals surface area contributed by atoms with Crippen molar-refractivity contribution in [2.45, 2.75) is 6.92 Å². The third kappa shape index (κ3) is 1.73. The highest BCUT2D eigenvalue weighted by Gasteiger charge is 2.18. The molecule has 1 aromatic carbocycles. The molecule has 0 saturated heterocycles. The number of aromatic amines is 1. The molecule has 2 heterocycles. The Balaban J connectivity index is 2.15. The maximum atomic E-state index is 5.72. The van der Waals surface area contributed by atoms with Gasteiger partial charge in [-0.3, -0.25) is 5.10 Å². The number of hydrogen-bond donors (Lipinski definition) is 2. The summed E-state index contributed by atoms with van der Waals surface area (Å²) in [5.41, 5.74) is 8.64. The van der Waals surface area contributed by atoms with Crippen LogP contribution < -0.4 is 15.2 Å². The minimum Gasteiger partial charge on any atom is -0.486 e. The van der Waals surface area contributed by atoms with E-state index in [4.69, 9.17) is 15.2 Å². The number of fused-ring (bicyclic) bond motifs is 1. The Bertz CT molecular complexity index is 610. The van der Waals surface area contributed by atoms with Crippen LogP contribution in [0.15, 0.2) is 16.6 Å². The zero-order chi connectivity index (χ0) is 12.7. The highest BCUT2D eigenvalue weighted by molar-refractivity contribution is 9.10.